The van der Waals surface area contributed by atoms with Crippen molar-refractivity contribution in [1.29, 1.82) is 0 Å². The first-order valence-electron chi connectivity index (χ1n) is 7.46. The lowest BCUT2D eigenvalue weighted by atomic mass is 10.1. The maximum Gasteiger partial charge on any atom is 0.341 e. The molecule has 0 saturated heterocycles. The van der Waals surface area contributed by atoms with Gasteiger partial charge in [0.25, 0.3) is 5.91 Å². The molecule has 140 valence electrons. The highest BCUT2D eigenvalue weighted by atomic mass is 32.2. The van der Waals surface area contributed by atoms with Crippen molar-refractivity contribution in [3.63, 3.8) is 0 Å². The molecule has 0 bridgehead atoms. The standard InChI is InChI=1S/C16H18N2O7S/c1-9(11-3-5-12(6-4-11)24-8-15(19)20)18-16(21)13-7-14(10(2)25-13)26(17,22)23/h3-7,9H,8H2,1-2H3,(H,18,21)(H,19,20)(H2,17,22,23). The van der Waals surface area contributed by atoms with Gasteiger partial charge in [0.05, 0.1) is 6.04 Å². The Morgan fingerprint density at radius 1 is 1.31 bits per heavy atom. The van der Waals surface area contributed by atoms with Crippen LogP contribution in [0.2, 0.25) is 0 Å². The fraction of sp³-hybridized carbons (Fsp3) is 0.250. The van der Waals surface area contributed by atoms with E-state index in [0.717, 1.165) is 11.6 Å². The lowest BCUT2D eigenvalue weighted by Gasteiger charge is -2.14. The second kappa shape index (κ2) is 7.58. The summed E-state index contributed by atoms with van der Waals surface area (Å²) < 4.78 is 33.0. The van der Waals surface area contributed by atoms with E-state index in [2.05, 4.69) is 5.32 Å². The van der Waals surface area contributed by atoms with Crippen LogP contribution in [0.5, 0.6) is 5.75 Å². The van der Waals surface area contributed by atoms with Crippen molar-refractivity contribution in [1.82, 2.24) is 5.32 Å². The van der Waals surface area contributed by atoms with Crippen LogP contribution in [0.3, 0.4) is 0 Å². The summed E-state index contributed by atoms with van der Waals surface area (Å²) in [6.45, 7) is 2.67. The maximum absolute atomic E-state index is 12.2. The Bertz CT molecular complexity index is 917. The third-order valence-corrected chi connectivity index (χ3v) is 4.51. The van der Waals surface area contributed by atoms with E-state index in [1.807, 2.05) is 0 Å². The van der Waals surface area contributed by atoms with Gasteiger partial charge in [-0.2, -0.15) is 0 Å². The van der Waals surface area contributed by atoms with Gasteiger partial charge in [-0.1, -0.05) is 12.1 Å². The number of furan rings is 1. The molecule has 2 aromatic rings. The Balaban J connectivity index is 2.06. The Morgan fingerprint density at radius 2 is 1.92 bits per heavy atom. The third kappa shape index (κ3) is 4.83. The number of aryl methyl sites for hydroxylation is 1. The number of amides is 1. The molecule has 1 atom stereocenters. The fourth-order valence-electron chi connectivity index (χ4n) is 2.21. The minimum atomic E-state index is -3.97. The summed E-state index contributed by atoms with van der Waals surface area (Å²) in [5.74, 6) is -1.43. The first-order chi connectivity index (χ1) is 12.1. The molecule has 0 saturated carbocycles. The molecule has 0 aliphatic rings. The van der Waals surface area contributed by atoms with Crippen LogP contribution in [0.1, 0.15) is 34.8 Å². The maximum atomic E-state index is 12.2. The number of sulfonamides is 1. The highest BCUT2D eigenvalue weighted by molar-refractivity contribution is 7.89. The second-order valence-electron chi connectivity index (χ2n) is 5.52. The topological polar surface area (TPSA) is 149 Å². The first kappa shape index (κ1) is 19.5. The molecule has 0 aliphatic heterocycles. The lowest BCUT2D eigenvalue weighted by Crippen LogP contribution is -2.26. The molecule has 26 heavy (non-hydrogen) atoms. The minimum Gasteiger partial charge on any atom is -0.482 e. The normalized spacial score (nSPS) is 12.4. The van der Waals surface area contributed by atoms with E-state index in [1.54, 1.807) is 31.2 Å². The van der Waals surface area contributed by atoms with Gasteiger partial charge in [0.1, 0.15) is 16.4 Å². The van der Waals surface area contributed by atoms with Crippen molar-refractivity contribution >= 4 is 21.9 Å². The quantitative estimate of drug-likeness (QED) is 0.651. The summed E-state index contributed by atoms with van der Waals surface area (Å²) in [4.78, 5) is 22.5. The van der Waals surface area contributed by atoms with Crippen LogP contribution in [-0.4, -0.2) is 32.0 Å². The zero-order chi connectivity index (χ0) is 19.5. The van der Waals surface area contributed by atoms with E-state index >= 15 is 0 Å². The number of hydrogen-bond acceptors (Lipinski definition) is 6. The van der Waals surface area contributed by atoms with Gasteiger partial charge < -0.3 is 19.6 Å². The average Bonchev–Trinajstić information content (AvgIpc) is 2.95. The average molecular weight is 382 g/mol. The number of hydrogen-bond donors (Lipinski definition) is 3. The van der Waals surface area contributed by atoms with E-state index in [1.165, 1.54) is 6.92 Å². The number of rotatable bonds is 7. The molecule has 1 unspecified atom stereocenters. The summed E-state index contributed by atoms with van der Waals surface area (Å²) in [6.07, 6.45) is 0. The van der Waals surface area contributed by atoms with Crippen LogP contribution in [0.15, 0.2) is 39.6 Å². The van der Waals surface area contributed by atoms with Gasteiger partial charge in [0.2, 0.25) is 10.0 Å². The first-order valence-corrected chi connectivity index (χ1v) is 9.01. The second-order valence-corrected chi connectivity index (χ2v) is 7.05. The van der Waals surface area contributed by atoms with Crippen molar-refractivity contribution in [2.45, 2.75) is 24.8 Å². The molecule has 10 heteroatoms. The highest BCUT2D eigenvalue weighted by Crippen LogP contribution is 2.21. The number of nitrogens with two attached hydrogens (primary N) is 1. The fourth-order valence-corrected chi connectivity index (χ4v) is 2.92. The Morgan fingerprint density at radius 3 is 2.42 bits per heavy atom. The number of carbonyl (C=O) groups excluding carboxylic acids is 1. The predicted molar refractivity (Wildman–Crippen MR) is 90.3 cm³/mol. The van der Waals surface area contributed by atoms with Crippen LogP contribution in [-0.2, 0) is 14.8 Å². The van der Waals surface area contributed by atoms with E-state index in [-0.39, 0.29) is 16.4 Å². The van der Waals surface area contributed by atoms with Crippen molar-refractivity contribution in [2.24, 2.45) is 5.14 Å². The van der Waals surface area contributed by atoms with Crippen molar-refractivity contribution in [3.05, 3.63) is 47.4 Å². The van der Waals surface area contributed by atoms with Gasteiger partial charge in [0.15, 0.2) is 12.4 Å². The molecule has 1 amide bonds. The molecule has 0 aliphatic carbocycles. The van der Waals surface area contributed by atoms with E-state index in [0.29, 0.717) is 5.75 Å². The van der Waals surface area contributed by atoms with Crippen LogP contribution < -0.4 is 15.2 Å². The number of benzene rings is 1. The zero-order valence-electron chi connectivity index (χ0n) is 14.1. The van der Waals surface area contributed by atoms with Crippen LogP contribution in [0, 0.1) is 6.92 Å². The Labute approximate surface area is 149 Å². The lowest BCUT2D eigenvalue weighted by molar-refractivity contribution is -0.139. The Hall–Kier alpha value is -2.85. The molecule has 1 aromatic heterocycles. The summed E-state index contributed by atoms with van der Waals surface area (Å²) in [5.41, 5.74) is 0.732. The van der Waals surface area contributed by atoms with Gasteiger partial charge in [-0.05, 0) is 31.5 Å². The van der Waals surface area contributed by atoms with Crippen molar-refractivity contribution in [2.75, 3.05) is 6.61 Å². The van der Waals surface area contributed by atoms with Crippen molar-refractivity contribution in [3.8, 4) is 5.75 Å². The molecule has 0 fully saturated rings. The van der Waals surface area contributed by atoms with E-state index in [9.17, 15) is 18.0 Å². The molecular weight excluding hydrogens is 364 g/mol. The van der Waals surface area contributed by atoms with Crippen LogP contribution in [0.4, 0.5) is 0 Å². The molecule has 4 N–H and O–H groups in total. The van der Waals surface area contributed by atoms with Gasteiger partial charge in [-0.25, -0.2) is 18.4 Å². The number of carboxylic acids is 1. The van der Waals surface area contributed by atoms with Gasteiger partial charge >= 0.3 is 5.97 Å². The number of ether oxygens (including phenoxy) is 1. The number of primary sulfonamides is 1. The van der Waals surface area contributed by atoms with Gasteiger partial charge in [0, 0.05) is 6.07 Å². The number of carboxylic acid groups (broad SMARTS) is 1. The van der Waals surface area contributed by atoms with Crippen molar-refractivity contribution < 1.29 is 32.3 Å². The summed E-state index contributed by atoms with van der Waals surface area (Å²) in [5, 5.41) is 16.3. The predicted octanol–water partition coefficient (Wildman–Crippen LogP) is 1.19. The van der Waals surface area contributed by atoms with Gasteiger partial charge in [-0.15, -0.1) is 0 Å². The van der Waals surface area contributed by atoms with E-state index < -0.39 is 34.5 Å². The molecule has 9 nitrogen and oxygen atoms in total. The molecule has 2 rings (SSSR count). The molecule has 0 spiro atoms. The molecule has 1 heterocycles. The smallest absolute Gasteiger partial charge is 0.341 e. The molecule has 0 radical (unpaired) electrons. The highest BCUT2D eigenvalue weighted by Gasteiger charge is 2.22. The van der Waals surface area contributed by atoms with E-state index in [4.69, 9.17) is 19.4 Å². The SMILES string of the molecule is Cc1oc(C(=O)NC(C)c2ccc(OCC(=O)O)cc2)cc1S(N)(=O)=O. The third-order valence-electron chi connectivity index (χ3n) is 3.49. The molecular formula is C16H18N2O7S. The summed E-state index contributed by atoms with van der Waals surface area (Å²) in [6, 6.07) is 7.17. The summed E-state index contributed by atoms with van der Waals surface area (Å²) >= 11 is 0. The number of carbonyl (C=O) groups is 2. The van der Waals surface area contributed by atoms with Crippen LogP contribution >= 0.6 is 0 Å². The largest absolute Gasteiger partial charge is 0.482 e. The molecule has 1 aromatic carbocycles. The monoisotopic (exact) mass is 382 g/mol. The minimum absolute atomic E-state index is 0.0326. The number of nitrogens with one attached hydrogen (secondary N) is 1. The zero-order valence-corrected chi connectivity index (χ0v) is 14.9. The van der Waals surface area contributed by atoms with Gasteiger partial charge in [-0.3, -0.25) is 4.79 Å². The van der Waals surface area contributed by atoms with Crippen LogP contribution in [0.25, 0.3) is 0 Å². The number of aliphatic carboxylic acids is 1. The Kier molecular flexibility index (Phi) is 5.68. The summed E-state index contributed by atoms with van der Waals surface area (Å²) in [7, 11) is -3.97.